The zero-order chi connectivity index (χ0) is 16.4. The van der Waals surface area contributed by atoms with Crippen LogP contribution in [0.5, 0.6) is 0 Å². The van der Waals surface area contributed by atoms with Crippen LogP contribution < -0.4 is 10.2 Å². The van der Waals surface area contributed by atoms with Crippen molar-refractivity contribution in [2.75, 3.05) is 24.5 Å². The predicted molar refractivity (Wildman–Crippen MR) is 83.6 cm³/mol. The number of alkyl halides is 3. The zero-order valence-corrected chi connectivity index (χ0v) is 13.1. The molecule has 4 nitrogen and oxygen atoms in total. The highest BCUT2D eigenvalue weighted by molar-refractivity contribution is 7.22. The Morgan fingerprint density at radius 3 is 2.91 bits per heavy atom. The fourth-order valence-electron chi connectivity index (χ4n) is 2.69. The number of hydrogen-bond acceptors (Lipinski definition) is 4. The number of thiazole rings is 1. The van der Waals surface area contributed by atoms with Gasteiger partial charge in [-0.3, -0.25) is 4.79 Å². The molecule has 8 heteroatoms. The predicted octanol–water partition coefficient (Wildman–Crippen LogP) is 3.19. The van der Waals surface area contributed by atoms with Crippen LogP contribution >= 0.6 is 11.3 Å². The SMILES string of the molecule is O=C(NCC(F)(F)F)C1CCCN(c2nc3ccccc3s2)C1. The quantitative estimate of drug-likeness (QED) is 0.931. The molecule has 23 heavy (non-hydrogen) atoms. The van der Waals surface area contributed by atoms with E-state index in [4.69, 9.17) is 0 Å². The number of carbonyl (C=O) groups excluding carboxylic acids is 1. The van der Waals surface area contributed by atoms with Crippen molar-refractivity contribution in [3.05, 3.63) is 24.3 Å². The van der Waals surface area contributed by atoms with Gasteiger partial charge in [0.1, 0.15) is 6.54 Å². The molecule has 0 spiro atoms. The van der Waals surface area contributed by atoms with Crippen LogP contribution in [0.4, 0.5) is 18.3 Å². The minimum Gasteiger partial charge on any atom is -0.347 e. The number of para-hydroxylation sites is 1. The Hall–Kier alpha value is -1.83. The standard InChI is InChI=1S/C15H16F3N3OS/c16-15(17,18)9-19-13(22)10-4-3-7-21(8-10)14-20-11-5-1-2-6-12(11)23-14/h1-2,5-6,10H,3-4,7-9H2,(H,19,22). The normalized spacial score (nSPS) is 19.1. The first-order valence-corrected chi connectivity index (χ1v) is 8.19. The number of fused-ring (bicyclic) bond motifs is 1. The summed E-state index contributed by atoms with van der Waals surface area (Å²) in [5.41, 5.74) is 0.899. The van der Waals surface area contributed by atoms with Crippen molar-refractivity contribution in [1.29, 1.82) is 0 Å². The van der Waals surface area contributed by atoms with Crippen molar-refractivity contribution in [2.24, 2.45) is 5.92 Å². The second-order valence-electron chi connectivity index (χ2n) is 5.58. The Bertz CT molecular complexity index is 668. The lowest BCUT2D eigenvalue weighted by atomic mass is 9.97. The van der Waals surface area contributed by atoms with E-state index < -0.39 is 24.5 Å². The second kappa shape index (κ2) is 6.35. The molecule has 1 aromatic carbocycles. The molecule has 0 bridgehead atoms. The van der Waals surface area contributed by atoms with E-state index in [2.05, 4.69) is 4.98 Å². The van der Waals surface area contributed by atoms with Crippen LogP contribution in [0.1, 0.15) is 12.8 Å². The number of benzene rings is 1. The molecular formula is C15H16F3N3OS. The number of hydrogen-bond donors (Lipinski definition) is 1. The van der Waals surface area contributed by atoms with Crippen molar-refractivity contribution in [3.63, 3.8) is 0 Å². The maximum absolute atomic E-state index is 12.2. The molecule has 2 aromatic rings. The molecular weight excluding hydrogens is 327 g/mol. The fraction of sp³-hybridized carbons (Fsp3) is 0.467. The number of halogens is 3. The molecule has 0 radical (unpaired) electrons. The third-order valence-corrected chi connectivity index (χ3v) is 4.91. The van der Waals surface area contributed by atoms with Gasteiger partial charge in [-0.15, -0.1) is 0 Å². The summed E-state index contributed by atoms with van der Waals surface area (Å²) in [4.78, 5) is 18.5. The third kappa shape index (κ3) is 3.93. The first-order valence-electron chi connectivity index (χ1n) is 7.37. The van der Waals surface area contributed by atoms with Gasteiger partial charge in [0.25, 0.3) is 0 Å². The monoisotopic (exact) mass is 343 g/mol. The van der Waals surface area contributed by atoms with Crippen LogP contribution in [0, 0.1) is 5.92 Å². The molecule has 0 saturated carbocycles. The molecule has 1 aliphatic rings. The first-order chi connectivity index (χ1) is 10.9. The summed E-state index contributed by atoms with van der Waals surface area (Å²) >= 11 is 1.54. The highest BCUT2D eigenvalue weighted by Gasteiger charge is 2.32. The number of piperidine rings is 1. The maximum Gasteiger partial charge on any atom is 0.405 e. The minimum atomic E-state index is -4.38. The van der Waals surface area contributed by atoms with Gasteiger partial charge in [0.05, 0.1) is 16.1 Å². The Kier molecular flexibility index (Phi) is 4.43. The van der Waals surface area contributed by atoms with Crippen molar-refractivity contribution >= 4 is 32.6 Å². The second-order valence-corrected chi connectivity index (χ2v) is 6.59. The average Bonchev–Trinajstić information content (AvgIpc) is 2.96. The molecule has 1 amide bonds. The first kappa shape index (κ1) is 16.0. The van der Waals surface area contributed by atoms with Crippen LogP contribution in [-0.4, -0.2) is 36.7 Å². The summed E-state index contributed by atoms with van der Waals surface area (Å²) in [6.45, 7) is -0.101. The molecule has 124 valence electrons. The average molecular weight is 343 g/mol. The zero-order valence-electron chi connectivity index (χ0n) is 12.3. The van der Waals surface area contributed by atoms with E-state index >= 15 is 0 Å². The Balaban J connectivity index is 1.67. The lowest BCUT2D eigenvalue weighted by Crippen LogP contribution is -2.45. The number of rotatable bonds is 3. The molecule has 2 heterocycles. The van der Waals surface area contributed by atoms with Gasteiger partial charge >= 0.3 is 6.18 Å². The smallest absolute Gasteiger partial charge is 0.347 e. The van der Waals surface area contributed by atoms with Gasteiger partial charge in [0.15, 0.2) is 5.13 Å². The summed E-state index contributed by atoms with van der Waals surface area (Å²) < 4.78 is 37.7. The summed E-state index contributed by atoms with van der Waals surface area (Å²) in [7, 11) is 0. The van der Waals surface area contributed by atoms with Crippen molar-refractivity contribution < 1.29 is 18.0 Å². The van der Waals surface area contributed by atoms with E-state index in [9.17, 15) is 18.0 Å². The van der Waals surface area contributed by atoms with Crippen molar-refractivity contribution in [1.82, 2.24) is 10.3 Å². The van der Waals surface area contributed by atoms with Crippen molar-refractivity contribution in [3.8, 4) is 0 Å². The Morgan fingerprint density at radius 2 is 2.17 bits per heavy atom. The topological polar surface area (TPSA) is 45.2 Å². The van der Waals surface area contributed by atoms with Gasteiger partial charge < -0.3 is 10.2 Å². The van der Waals surface area contributed by atoms with Crippen LogP contribution in [0.3, 0.4) is 0 Å². The highest BCUT2D eigenvalue weighted by Crippen LogP contribution is 2.31. The lowest BCUT2D eigenvalue weighted by Gasteiger charge is -2.31. The molecule has 1 saturated heterocycles. The van der Waals surface area contributed by atoms with E-state index in [1.165, 1.54) is 11.3 Å². The fourth-order valence-corrected chi connectivity index (χ4v) is 3.69. The summed E-state index contributed by atoms with van der Waals surface area (Å²) in [6.07, 6.45) is -3.01. The third-order valence-electron chi connectivity index (χ3n) is 3.81. The van der Waals surface area contributed by atoms with Crippen LogP contribution in [0.2, 0.25) is 0 Å². The van der Waals surface area contributed by atoms with Gasteiger partial charge in [0.2, 0.25) is 5.91 Å². The number of aromatic nitrogens is 1. The Labute approximate surface area is 135 Å². The van der Waals surface area contributed by atoms with E-state index in [0.717, 1.165) is 28.3 Å². The Morgan fingerprint density at radius 1 is 1.39 bits per heavy atom. The lowest BCUT2D eigenvalue weighted by molar-refractivity contribution is -0.140. The molecule has 1 unspecified atom stereocenters. The number of anilines is 1. The van der Waals surface area contributed by atoms with Crippen LogP contribution in [0.15, 0.2) is 24.3 Å². The van der Waals surface area contributed by atoms with Gasteiger partial charge in [-0.05, 0) is 25.0 Å². The molecule has 1 atom stereocenters. The van der Waals surface area contributed by atoms with Gasteiger partial charge in [-0.1, -0.05) is 23.5 Å². The summed E-state index contributed by atoms with van der Waals surface area (Å²) in [5, 5.41) is 2.80. The van der Waals surface area contributed by atoms with Gasteiger partial charge in [-0.2, -0.15) is 13.2 Å². The molecule has 1 N–H and O–H groups in total. The van der Waals surface area contributed by atoms with Crippen LogP contribution in [-0.2, 0) is 4.79 Å². The van der Waals surface area contributed by atoms with E-state index in [1.54, 1.807) is 0 Å². The molecule has 0 aliphatic carbocycles. The van der Waals surface area contributed by atoms with E-state index in [-0.39, 0.29) is 0 Å². The number of amides is 1. The number of nitrogens with one attached hydrogen (secondary N) is 1. The minimum absolute atomic E-state index is 0.406. The molecule has 3 rings (SSSR count). The molecule has 1 aliphatic heterocycles. The largest absolute Gasteiger partial charge is 0.405 e. The van der Waals surface area contributed by atoms with Gasteiger partial charge in [-0.25, -0.2) is 4.98 Å². The van der Waals surface area contributed by atoms with E-state index in [1.807, 2.05) is 34.5 Å². The van der Waals surface area contributed by atoms with Gasteiger partial charge in [0, 0.05) is 13.1 Å². The number of nitrogens with zero attached hydrogens (tertiary/aromatic N) is 2. The number of carbonyl (C=O) groups is 1. The maximum atomic E-state index is 12.2. The van der Waals surface area contributed by atoms with Crippen LogP contribution in [0.25, 0.3) is 10.2 Å². The summed E-state index contributed by atoms with van der Waals surface area (Å²) in [6, 6.07) is 7.75. The molecule has 1 fully saturated rings. The summed E-state index contributed by atoms with van der Waals surface area (Å²) in [5.74, 6) is -0.966. The highest BCUT2D eigenvalue weighted by atomic mass is 32.1. The van der Waals surface area contributed by atoms with Crippen molar-refractivity contribution in [2.45, 2.75) is 19.0 Å². The van der Waals surface area contributed by atoms with E-state index in [0.29, 0.717) is 13.0 Å². The molecule has 1 aromatic heterocycles.